The first kappa shape index (κ1) is 12.9. The van der Waals surface area contributed by atoms with Crippen LogP contribution in [0.5, 0.6) is 11.5 Å². The number of aliphatic hydroxyl groups is 1. The third-order valence-electron chi connectivity index (χ3n) is 3.20. The average Bonchev–Trinajstić information content (AvgIpc) is 2.90. The van der Waals surface area contributed by atoms with Crippen molar-refractivity contribution in [3.8, 4) is 11.5 Å². The zero-order chi connectivity index (χ0) is 14.1. The molecule has 1 unspecified atom stereocenters. The molecule has 5 heteroatoms. The van der Waals surface area contributed by atoms with Gasteiger partial charge in [0.05, 0.1) is 6.10 Å². The summed E-state index contributed by atoms with van der Waals surface area (Å²) in [4.78, 5) is 0. The van der Waals surface area contributed by atoms with Crippen molar-refractivity contribution < 1.29 is 23.4 Å². The molecule has 0 amide bonds. The minimum atomic E-state index is -0.944. The van der Waals surface area contributed by atoms with Gasteiger partial charge in [-0.3, -0.25) is 0 Å². The fraction of sp³-hybridized carbons (Fsp3) is 0.200. The highest BCUT2D eigenvalue weighted by Crippen LogP contribution is 2.34. The third kappa shape index (κ3) is 2.44. The van der Waals surface area contributed by atoms with Crippen LogP contribution in [0.15, 0.2) is 36.4 Å². The van der Waals surface area contributed by atoms with Crippen LogP contribution in [-0.2, 0) is 6.42 Å². The van der Waals surface area contributed by atoms with Crippen LogP contribution in [0.1, 0.15) is 17.2 Å². The molecule has 3 rings (SSSR count). The summed E-state index contributed by atoms with van der Waals surface area (Å²) < 4.78 is 37.0. The summed E-state index contributed by atoms with van der Waals surface area (Å²) >= 11 is 0. The lowest BCUT2D eigenvalue weighted by molar-refractivity contribution is 0.171. The standard InChI is InChI=1S/C15H12F2O3/c16-11-2-3-12(17)10(5-11)6-13(18)9-1-4-14-15(7-9)20-8-19-14/h1-5,7,13,18H,6,8H2. The molecular formula is C15H12F2O3. The molecule has 0 saturated carbocycles. The van der Waals surface area contributed by atoms with E-state index < -0.39 is 17.7 Å². The Labute approximate surface area is 114 Å². The van der Waals surface area contributed by atoms with Crippen LogP contribution in [0.2, 0.25) is 0 Å². The topological polar surface area (TPSA) is 38.7 Å². The van der Waals surface area contributed by atoms with E-state index >= 15 is 0 Å². The fourth-order valence-electron chi connectivity index (χ4n) is 2.15. The van der Waals surface area contributed by atoms with E-state index in [1.165, 1.54) is 0 Å². The normalized spacial score (nSPS) is 14.3. The molecule has 3 nitrogen and oxygen atoms in total. The van der Waals surface area contributed by atoms with Crippen LogP contribution in [0.3, 0.4) is 0 Å². The van der Waals surface area contributed by atoms with Crippen LogP contribution < -0.4 is 9.47 Å². The fourth-order valence-corrected chi connectivity index (χ4v) is 2.15. The Balaban J connectivity index is 1.82. The Morgan fingerprint density at radius 2 is 1.85 bits per heavy atom. The van der Waals surface area contributed by atoms with Gasteiger partial charge in [-0.05, 0) is 41.5 Å². The lowest BCUT2D eigenvalue weighted by atomic mass is 10.0. The summed E-state index contributed by atoms with van der Waals surface area (Å²) in [5.74, 6) is 0.0876. The first-order valence-corrected chi connectivity index (χ1v) is 6.15. The molecule has 0 aromatic heterocycles. The molecule has 0 fully saturated rings. The Bertz CT molecular complexity index is 643. The summed E-state index contributed by atoms with van der Waals surface area (Å²) in [6.45, 7) is 0.146. The molecule has 20 heavy (non-hydrogen) atoms. The molecule has 104 valence electrons. The highest BCUT2D eigenvalue weighted by Gasteiger charge is 2.18. The van der Waals surface area contributed by atoms with Gasteiger partial charge in [-0.1, -0.05) is 6.07 Å². The van der Waals surface area contributed by atoms with Crippen molar-refractivity contribution in [3.05, 3.63) is 59.2 Å². The second-order valence-electron chi connectivity index (χ2n) is 4.57. The molecular weight excluding hydrogens is 266 g/mol. The first-order valence-electron chi connectivity index (χ1n) is 6.15. The van der Waals surface area contributed by atoms with E-state index in [-0.39, 0.29) is 18.8 Å². The number of rotatable bonds is 3. The quantitative estimate of drug-likeness (QED) is 0.938. The number of hydrogen-bond donors (Lipinski definition) is 1. The minimum Gasteiger partial charge on any atom is -0.454 e. The molecule has 0 radical (unpaired) electrons. The van der Waals surface area contributed by atoms with Gasteiger partial charge in [-0.15, -0.1) is 0 Å². The van der Waals surface area contributed by atoms with Gasteiger partial charge < -0.3 is 14.6 Å². The summed E-state index contributed by atoms with van der Waals surface area (Å²) in [6, 6.07) is 8.19. The molecule has 0 spiro atoms. The van der Waals surface area contributed by atoms with Crippen molar-refractivity contribution in [1.29, 1.82) is 0 Å². The second-order valence-corrected chi connectivity index (χ2v) is 4.57. The molecule has 1 aliphatic rings. The molecule has 1 atom stereocenters. The Hall–Kier alpha value is -2.14. The van der Waals surface area contributed by atoms with Crippen molar-refractivity contribution in [1.82, 2.24) is 0 Å². The van der Waals surface area contributed by atoms with Crippen molar-refractivity contribution in [2.24, 2.45) is 0 Å². The van der Waals surface area contributed by atoms with Gasteiger partial charge in [-0.25, -0.2) is 8.78 Å². The molecule has 0 bridgehead atoms. The van der Waals surface area contributed by atoms with Crippen LogP contribution in [0, 0.1) is 11.6 Å². The van der Waals surface area contributed by atoms with Crippen molar-refractivity contribution in [2.45, 2.75) is 12.5 Å². The van der Waals surface area contributed by atoms with Gasteiger partial charge in [0.15, 0.2) is 11.5 Å². The van der Waals surface area contributed by atoms with E-state index in [0.717, 1.165) is 18.2 Å². The van der Waals surface area contributed by atoms with Crippen molar-refractivity contribution >= 4 is 0 Å². The van der Waals surface area contributed by atoms with E-state index in [0.29, 0.717) is 17.1 Å². The molecule has 2 aromatic carbocycles. The maximum Gasteiger partial charge on any atom is 0.231 e. The van der Waals surface area contributed by atoms with E-state index in [1.54, 1.807) is 18.2 Å². The lowest BCUT2D eigenvalue weighted by Gasteiger charge is -2.12. The summed E-state index contributed by atoms with van der Waals surface area (Å²) in [5.41, 5.74) is 0.702. The van der Waals surface area contributed by atoms with Crippen LogP contribution in [-0.4, -0.2) is 11.9 Å². The number of aliphatic hydroxyl groups excluding tert-OH is 1. The zero-order valence-electron chi connectivity index (χ0n) is 10.5. The van der Waals surface area contributed by atoms with Gasteiger partial charge >= 0.3 is 0 Å². The number of benzene rings is 2. The predicted octanol–water partition coefficient (Wildman–Crippen LogP) is 2.97. The maximum atomic E-state index is 13.5. The third-order valence-corrected chi connectivity index (χ3v) is 3.20. The molecule has 2 aromatic rings. The largest absolute Gasteiger partial charge is 0.454 e. The number of halogens is 2. The SMILES string of the molecule is OC(Cc1cc(F)ccc1F)c1ccc2c(c1)OCO2. The molecule has 1 aliphatic heterocycles. The molecule has 1 N–H and O–H groups in total. The highest BCUT2D eigenvalue weighted by molar-refractivity contribution is 5.45. The summed E-state index contributed by atoms with van der Waals surface area (Å²) in [6.07, 6.45) is -0.954. The Morgan fingerprint density at radius 1 is 1.05 bits per heavy atom. The van der Waals surface area contributed by atoms with E-state index in [4.69, 9.17) is 9.47 Å². The predicted molar refractivity (Wildman–Crippen MR) is 67.6 cm³/mol. The maximum absolute atomic E-state index is 13.5. The lowest BCUT2D eigenvalue weighted by Crippen LogP contribution is -2.04. The monoisotopic (exact) mass is 278 g/mol. The molecule has 1 heterocycles. The van der Waals surface area contributed by atoms with Crippen LogP contribution >= 0.6 is 0 Å². The van der Waals surface area contributed by atoms with Gasteiger partial charge in [0.25, 0.3) is 0 Å². The van der Waals surface area contributed by atoms with Crippen molar-refractivity contribution in [2.75, 3.05) is 6.79 Å². The Morgan fingerprint density at radius 3 is 2.70 bits per heavy atom. The first-order chi connectivity index (χ1) is 9.63. The second kappa shape index (κ2) is 5.09. The highest BCUT2D eigenvalue weighted by atomic mass is 19.1. The van der Waals surface area contributed by atoms with E-state index in [1.807, 2.05) is 0 Å². The number of ether oxygens (including phenoxy) is 2. The zero-order valence-corrected chi connectivity index (χ0v) is 10.5. The summed E-state index contributed by atoms with van der Waals surface area (Å²) in [7, 11) is 0. The van der Waals surface area contributed by atoms with E-state index in [9.17, 15) is 13.9 Å². The van der Waals surface area contributed by atoms with Gasteiger partial charge in [0.1, 0.15) is 11.6 Å². The smallest absolute Gasteiger partial charge is 0.231 e. The minimum absolute atomic E-state index is 0.0107. The van der Waals surface area contributed by atoms with Gasteiger partial charge in [-0.2, -0.15) is 0 Å². The van der Waals surface area contributed by atoms with Gasteiger partial charge in [0.2, 0.25) is 6.79 Å². The van der Waals surface area contributed by atoms with Crippen LogP contribution in [0.4, 0.5) is 8.78 Å². The van der Waals surface area contributed by atoms with Crippen LogP contribution in [0.25, 0.3) is 0 Å². The summed E-state index contributed by atoms with van der Waals surface area (Å²) in [5, 5.41) is 10.1. The molecule has 0 saturated heterocycles. The van der Waals surface area contributed by atoms with Crippen molar-refractivity contribution in [3.63, 3.8) is 0 Å². The Kier molecular flexibility index (Phi) is 3.28. The molecule has 0 aliphatic carbocycles. The average molecular weight is 278 g/mol. The number of hydrogen-bond acceptors (Lipinski definition) is 3. The number of fused-ring (bicyclic) bond motifs is 1. The van der Waals surface area contributed by atoms with E-state index in [2.05, 4.69) is 0 Å². The van der Waals surface area contributed by atoms with Gasteiger partial charge in [0, 0.05) is 6.42 Å².